The molecule has 0 aliphatic carbocycles. The number of rotatable bonds is 20. The molecule has 0 amide bonds. The lowest BCUT2D eigenvalue weighted by atomic mass is 10.5. The van der Waals surface area contributed by atoms with Gasteiger partial charge in [0.15, 0.2) is 0 Å². The Morgan fingerprint density at radius 1 is 0.407 bits per heavy atom. The quantitative estimate of drug-likeness (QED) is 0.227. The van der Waals surface area contributed by atoms with Crippen molar-refractivity contribution < 1.29 is 42.6 Å². The first-order valence-corrected chi connectivity index (χ1v) is 9.64. The summed E-state index contributed by atoms with van der Waals surface area (Å²) in [4.78, 5) is 0. The van der Waals surface area contributed by atoms with Crippen LogP contribution in [0.5, 0.6) is 0 Å². The van der Waals surface area contributed by atoms with Crippen LogP contribution in [0.1, 0.15) is 41.5 Å². The van der Waals surface area contributed by atoms with E-state index >= 15 is 0 Å². The highest BCUT2D eigenvalue weighted by Crippen LogP contribution is 2.17. The van der Waals surface area contributed by atoms with Crippen LogP contribution in [0.3, 0.4) is 0 Å². The molecule has 0 fully saturated rings. The summed E-state index contributed by atoms with van der Waals surface area (Å²) >= 11 is 0. The summed E-state index contributed by atoms with van der Waals surface area (Å²) in [7, 11) is 0. The van der Waals surface area contributed by atoms with Crippen molar-refractivity contribution in [2.24, 2.45) is 0 Å². The van der Waals surface area contributed by atoms with Crippen LogP contribution in [0.15, 0.2) is 0 Å². The van der Waals surface area contributed by atoms with Crippen molar-refractivity contribution in [3.8, 4) is 0 Å². The van der Waals surface area contributed by atoms with Crippen molar-refractivity contribution in [2.45, 2.75) is 53.5 Å². The molecule has 0 bridgehead atoms. The van der Waals surface area contributed by atoms with Gasteiger partial charge in [-0.15, -0.1) is 0 Å². The molecule has 0 heterocycles. The summed E-state index contributed by atoms with van der Waals surface area (Å²) in [6, 6.07) is 0. The van der Waals surface area contributed by atoms with Gasteiger partial charge in [-0.3, -0.25) is 0 Å². The predicted molar refractivity (Wildman–Crippen MR) is 97.9 cm³/mol. The first kappa shape index (κ1) is 26.6. The molecule has 0 atom stereocenters. The third kappa shape index (κ3) is 11.3. The molecule has 9 nitrogen and oxygen atoms in total. The Bertz CT molecular complexity index is 264. The number of hydrogen-bond donors (Lipinski definition) is 0. The summed E-state index contributed by atoms with van der Waals surface area (Å²) in [6.07, 6.45) is 0. The molecule has 27 heavy (non-hydrogen) atoms. The molecule has 0 aromatic carbocycles. The Kier molecular flexibility index (Phi) is 16.4. The minimum absolute atomic E-state index is 0.0140. The molecule has 0 aliphatic rings. The molecule has 0 saturated carbocycles. The van der Waals surface area contributed by atoms with Gasteiger partial charge in [0.2, 0.25) is 0 Å². The van der Waals surface area contributed by atoms with Gasteiger partial charge in [-0.2, -0.15) is 0 Å². The lowest BCUT2D eigenvalue weighted by Crippen LogP contribution is -2.44. The van der Waals surface area contributed by atoms with Gasteiger partial charge in [0.1, 0.15) is 26.8 Å². The average Bonchev–Trinajstić information content (AvgIpc) is 2.62. The van der Waals surface area contributed by atoms with Gasteiger partial charge in [0, 0.05) is 39.6 Å². The van der Waals surface area contributed by atoms with E-state index in [1.807, 2.05) is 41.5 Å². The SMILES string of the molecule is CCOC(COCOCOCC(OCC)(OCC)OCC)(OCC)OCC. The Labute approximate surface area is 163 Å². The molecule has 164 valence electrons. The summed E-state index contributed by atoms with van der Waals surface area (Å²) < 4.78 is 49.6. The van der Waals surface area contributed by atoms with Gasteiger partial charge in [0.05, 0.1) is 0 Å². The first-order valence-electron chi connectivity index (χ1n) is 9.64. The average molecular weight is 398 g/mol. The van der Waals surface area contributed by atoms with Crippen LogP contribution in [-0.4, -0.2) is 78.4 Å². The van der Waals surface area contributed by atoms with Crippen molar-refractivity contribution in [3.05, 3.63) is 0 Å². The van der Waals surface area contributed by atoms with Crippen LogP contribution in [0, 0.1) is 0 Å². The Balaban J connectivity index is 4.24. The zero-order chi connectivity index (χ0) is 20.4. The molecule has 0 aliphatic heterocycles. The fraction of sp³-hybridized carbons (Fsp3) is 1.00. The standard InChI is InChI=1S/C18H38O9/c1-7-22-17(23-8-2,24-9-3)13-19-15-21-16-20-14-18(25-10-4,26-11-5)27-12-6/h7-16H2,1-6H3. The maximum atomic E-state index is 5.56. The molecule has 9 heteroatoms. The van der Waals surface area contributed by atoms with Crippen molar-refractivity contribution >= 4 is 0 Å². The van der Waals surface area contributed by atoms with E-state index in [1.54, 1.807) is 0 Å². The van der Waals surface area contributed by atoms with Gasteiger partial charge < -0.3 is 42.6 Å². The highest BCUT2D eigenvalue weighted by molar-refractivity contribution is 4.56. The lowest BCUT2D eigenvalue weighted by Gasteiger charge is -2.32. The Morgan fingerprint density at radius 2 is 0.667 bits per heavy atom. The van der Waals surface area contributed by atoms with E-state index in [9.17, 15) is 0 Å². The largest absolute Gasteiger partial charge is 0.347 e. The third-order valence-electron chi connectivity index (χ3n) is 3.08. The van der Waals surface area contributed by atoms with Crippen LogP contribution in [0.2, 0.25) is 0 Å². The van der Waals surface area contributed by atoms with E-state index in [4.69, 9.17) is 42.6 Å². The van der Waals surface area contributed by atoms with Gasteiger partial charge in [-0.1, -0.05) is 0 Å². The van der Waals surface area contributed by atoms with E-state index in [1.165, 1.54) is 0 Å². The normalized spacial score (nSPS) is 12.7. The highest BCUT2D eigenvalue weighted by atomic mass is 16.9. The third-order valence-corrected chi connectivity index (χ3v) is 3.08. The molecule has 0 radical (unpaired) electrons. The molecule has 0 aromatic heterocycles. The summed E-state index contributed by atoms with van der Waals surface area (Å²) in [5.74, 6) is -2.45. The molecule has 0 N–H and O–H groups in total. The zero-order valence-corrected chi connectivity index (χ0v) is 17.7. The fourth-order valence-electron chi connectivity index (χ4n) is 2.30. The highest BCUT2D eigenvalue weighted by Gasteiger charge is 2.34. The van der Waals surface area contributed by atoms with E-state index in [-0.39, 0.29) is 26.8 Å². The van der Waals surface area contributed by atoms with E-state index in [2.05, 4.69) is 0 Å². The summed E-state index contributed by atoms with van der Waals surface area (Å²) in [5, 5.41) is 0. The summed E-state index contributed by atoms with van der Waals surface area (Å²) in [6.45, 7) is 13.9. The fourth-order valence-corrected chi connectivity index (χ4v) is 2.30. The van der Waals surface area contributed by atoms with E-state index in [0.717, 1.165) is 0 Å². The Morgan fingerprint density at radius 3 is 0.889 bits per heavy atom. The van der Waals surface area contributed by atoms with Crippen molar-refractivity contribution in [1.82, 2.24) is 0 Å². The monoisotopic (exact) mass is 398 g/mol. The maximum absolute atomic E-state index is 5.56. The van der Waals surface area contributed by atoms with E-state index in [0.29, 0.717) is 39.6 Å². The number of ether oxygens (including phenoxy) is 9. The van der Waals surface area contributed by atoms with Gasteiger partial charge in [-0.05, 0) is 41.5 Å². The van der Waals surface area contributed by atoms with Crippen molar-refractivity contribution in [1.29, 1.82) is 0 Å². The predicted octanol–water partition coefficient (Wildman–Crippen LogP) is 2.48. The van der Waals surface area contributed by atoms with Crippen LogP contribution in [-0.2, 0) is 42.6 Å². The second-order valence-electron chi connectivity index (χ2n) is 5.10. The topological polar surface area (TPSA) is 83.1 Å². The minimum atomic E-state index is -1.23. The van der Waals surface area contributed by atoms with Crippen molar-refractivity contribution in [3.63, 3.8) is 0 Å². The van der Waals surface area contributed by atoms with Crippen LogP contribution in [0.4, 0.5) is 0 Å². The smallest absolute Gasteiger partial charge is 0.307 e. The first-order chi connectivity index (χ1) is 13.1. The minimum Gasteiger partial charge on any atom is -0.347 e. The van der Waals surface area contributed by atoms with E-state index < -0.39 is 11.9 Å². The molecule has 0 rings (SSSR count). The number of hydrogen-bond acceptors (Lipinski definition) is 9. The molecule has 0 aromatic rings. The Hall–Kier alpha value is -0.360. The van der Waals surface area contributed by atoms with Crippen molar-refractivity contribution in [2.75, 3.05) is 66.4 Å². The maximum Gasteiger partial charge on any atom is 0.307 e. The van der Waals surface area contributed by atoms with Crippen LogP contribution >= 0.6 is 0 Å². The molecular weight excluding hydrogens is 360 g/mol. The van der Waals surface area contributed by atoms with Crippen LogP contribution in [0.25, 0.3) is 0 Å². The van der Waals surface area contributed by atoms with Gasteiger partial charge >= 0.3 is 11.9 Å². The second kappa shape index (κ2) is 16.6. The summed E-state index contributed by atoms with van der Waals surface area (Å²) in [5.41, 5.74) is 0. The van der Waals surface area contributed by atoms with Gasteiger partial charge in [-0.25, -0.2) is 0 Å². The lowest BCUT2D eigenvalue weighted by molar-refractivity contribution is -0.400. The molecule has 0 spiro atoms. The molecular formula is C18H38O9. The molecule has 0 saturated heterocycles. The van der Waals surface area contributed by atoms with Gasteiger partial charge in [0.25, 0.3) is 0 Å². The van der Waals surface area contributed by atoms with Crippen LogP contribution < -0.4 is 0 Å². The zero-order valence-electron chi connectivity index (χ0n) is 17.7. The molecule has 0 unspecified atom stereocenters. The second-order valence-corrected chi connectivity index (χ2v) is 5.10.